The molecule has 0 saturated carbocycles. The average Bonchev–Trinajstić information content (AvgIpc) is 3.09. The van der Waals surface area contributed by atoms with Crippen molar-refractivity contribution >= 4 is 18.0 Å². The molecule has 118 valence electrons. The molecule has 1 aliphatic heterocycles. The van der Waals surface area contributed by atoms with Crippen molar-refractivity contribution in [2.24, 2.45) is 0 Å². The third-order valence-electron chi connectivity index (χ3n) is 3.86. The van der Waals surface area contributed by atoms with Crippen molar-refractivity contribution in [2.45, 2.75) is 20.3 Å². The fourth-order valence-electron chi connectivity index (χ4n) is 2.71. The Labute approximate surface area is 135 Å². The van der Waals surface area contributed by atoms with Gasteiger partial charge in [0.2, 0.25) is 0 Å². The van der Waals surface area contributed by atoms with Crippen LogP contribution in [0, 0.1) is 6.92 Å². The maximum Gasteiger partial charge on any atom is 0.329 e. The lowest BCUT2D eigenvalue weighted by molar-refractivity contribution is -0.122. The number of aryl methyl sites for hydroxylation is 1. The van der Waals surface area contributed by atoms with E-state index in [2.05, 4.69) is 5.32 Å². The number of carbonyl (C=O) groups excluding carboxylic acids is 2. The van der Waals surface area contributed by atoms with Crippen LogP contribution in [-0.4, -0.2) is 28.0 Å². The molecule has 2 heterocycles. The number of benzene rings is 1. The summed E-state index contributed by atoms with van der Waals surface area (Å²) in [7, 11) is 0. The monoisotopic (exact) mass is 309 g/mol. The Kier molecular flexibility index (Phi) is 4.02. The van der Waals surface area contributed by atoms with Crippen molar-refractivity contribution < 1.29 is 9.59 Å². The molecular weight excluding hydrogens is 290 g/mol. The summed E-state index contributed by atoms with van der Waals surface area (Å²) in [6.45, 7) is 4.41. The predicted octanol–water partition coefficient (Wildman–Crippen LogP) is 3.09. The maximum atomic E-state index is 12.3. The number of carbonyl (C=O) groups is 2. The zero-order chi connectivity index (χ0) is 16.4. The zero-order valence-electron chi connectivity index (χ0n) is 13.2. The van der Waals surface area contributed by atoms with Crippen molar-refractivity contribution in [3.8, 4) is 5.69 Å². The number of amides is 3. The highest BCUT2D eigenvalue weighted by molar-refractivity contribution is 6.13. The highest BCUT2D eigenvalue weighted by atomic mass is 16.2. The van der Waals surface area contributed by atoms with E-state index in [1.54, 1.807) is 6.08 Å². The van der Waals surface area contributed by atoms with E-state index in [1.807, 2.05) is 61.0 Å². The Morgan fingerprint density at radius 3 is 2.65 bits per heavy atom. The summed E-state index contributed by atoms with van der Waals surface area (Å²) in [6, 6.07) is 11.5. The molecule has 1 N–H and O–H groups in total. The van der Waals surface area contributed by atoms with Crippen molar-refractivity contribution in [2.75, 3.05) is 6.54 Å². The summed E-state index contributed by atoms with van der Waals surface area (Å²) in [5.74, 6) is -0.269. The second-order valence-electron chi connectivity index (χ2n) is 5.53. The topological polar surface area (TPSA) is 54.3 Å². The molecule has 0 spiro atoms. The summed E-state index contributed by atoms with van der Waals surface area (Å²) in [5, 5.41) is 2.66. The fraction of sp³-hybridized carbons (Fsp3) is 0.222. The number of hydrogen-bond donors (Lipinski definition) is 1. The van der Waals surface area contributed by atoms with Crippen LogP contribution in [0.25, 0.3) is 11.8 Å². The highest BCUT2D eigenvalue weighted by Gasteiger charge is 2.32. The van der Waals surface area contributed by atoms with Crippen LogP contribution in [0.15, 0.2) is 48.3 Å². The smallest absolute Gasteiger partial charge is 0.317 e. The van der Waals surface area contributed by atoms with Crippen molar-refractivity contribution in [3.63, 3.8) is 0 Å². The number of aromatic nitrogens is 1. The standard InChI is InChI=1S/C18H19N3O2/c1-3-10-21-17(22)15(19-18(21)23)12-14-8-6-11-20(14)16-9-5-4-7-13(16)2/h4-9,11-12H,3,10H2,1-2H3,(H,19,23)/b15-12+. The fourth-order valence-corrected chi connectivity index (χ4v) is 2.71. The lowest BCUT2D eigenvalue weighted by Crippen LogP contribution is -2.31. The molecule has 0 atom stereocenters. The van der Waals surface area contributed by atoms with Gasteiger partial charge in [-0.25, -0.2) is 4.79 Å². The minimum Gasteiger partial charge on any atom is -0.317 e. The Balaban J connectivity index is 1.96. The summed E-state index contributed by atoms with van der Waals surface area (Å²) in [4.78, 5) is 25.4. The van der Waals surface area contributed by atoms with Gasteiger partial charge in [0, 0.05) is 24.1 Å². The van der Waals surface area contributed by atoms with E-state index in [0.717, 1.165) is 23.4 Å². The molecule has 5 heteroatoms. The van der Waals surface area contributed by atoms with Crippen LogP contribution in [0.4, 0.5) is 4.79 Å². The van der Waals surface area contributed by atoms with Gasteiger partial charge in [-0.3, -0.25) is 9.69 Å². The van der Waals surface area contributed by atoms with Gasteiger partial charge in [-0.2, -0.15) is 0 Å². The van der Waals surface area contributed by atoms with E-state index >= 15 is 0 Å². The second-order valence-corrected chi connectivity index (χ2v) is 5.53. The number of imide groups is 1. The Hall–Kier alpha value is -2.82. The Bertz CT molecular complexity index is 789. The molecule has 1 aliphatic rings. The number of urea groups is 1. The Morgan fingerprint density at radius 1 is 1.13 bits per heavy atom. The van der Waals surface area contributed by atoms with Crippen molar-refractivity contribution in [1.29, 1.82) is 0 Å². The largest absolute Gasteiger partial charge is 0.329 e. The molecule has 0 radical (unpaired) electrons. The molecule has 0 aliphatic carbocycles. The lowest BCUT2D eigenvalue weighted by Gasteiger charge is -2.10. The van der Waals surface area contributed by atoms with Crippen LogP contribution in [0.1, 0.15) is 24.6 Å². The van der Waals surface area contributed by atoms with Crippen LogP contribution in [0.2, 0.25) is 0 Å². The van der Waals surface area contributed by atoms with Crippen molar-refractivity contribution in [1.82, 2.24) is 14.8 Å². The normalized spacial score (nSPS) is 16.3. The van der Waals surface area contributed by atoms with Gasteiger partial charge < -0.3 is 9.88 Å². The summed E-state index contributed by atoms with van der Waals surface area (Å²) in [6.07, 6.45) is 4.41. The summed E-state index contributed by atoms with van der Waals surface area (Å²) in [5.41, 5.74) is 3.35. The van der Waals surface area contributed by atoms with Crippen LogP contribution in [0.5, 0.6) is 0 Å². The first-order valence-corrected chi connectivity index (χ1v) is 7.69. The third-order valence-corrected chi connectivity index (χ3v) is 3.86. The molecule has 1 aromatic carbocycles. The molecule has 3 rings (SSSR count). The van der Waals surface area contributed by atoms with Gasteiger partial charge in [0.1, 0.15) is 5.70 Å². The van der Waals surface area contributed by atoms with Crippen LogP contribution in [-0.2, 0) is 4.79 Å². The van der Waals surface area contributed by atoms with E-state index in [-0.39, 0.29) is 11.9 Å². The van der Waals surface area contributed by atoms with Gasteiger partial charge in [-0.1, -0.05) is 25.1 Å². The molecule has 0 bridgehead atoms. The summed E-state index contributed by atoms with van der Waals surface area (Å²) < 4.78 is 2.00. The molecule has 23 heavy (non-hydrogen) atoms. The first kappa shape index (κ1) is 15.1. The molecule has 3 amide bonds. The number of nitrogens with one attached hydrogen (secondary N) is 1. The third kappa shape index (κ3) is 2.77. The lowest BCUT2D eigenvalue weighted by atomic mass is 10.2. The number of nitrogens with zero attached hydrogens (tertiary/aromatic N) is 2. The summed E-state index contributed by atoms with van der Waals surface area (Å²) >= 11 is 0. The molecular formula is C18H19N3O2. The first-order chi connectivity index (χ1) is 11.1. The molecule has 5 nitrogen and oxygen atoms in total. The van der Waals surface area contributed by atoms with Gasteiger partial charge in [-0.05, 0) is 43.2 Å². The van der Waals surface area contributed by atoms with E-state index in [1.165, 1.54) is 4.90 Å². The van der Waals surface area contributed by atoms with E-state index in [9.17, 15) is 9.59 Å². The molecule has 1 saturated heterocycles. The first-order valence-electron chi connectivity index (χ1n) is 7.69. The van der Waals surface area contributed by atoms with Crippen LogP contribution < -0.4 is 5.32 Å². The van der Waals surface area contributed by atoms with Gasteiger partial charge in [0.15, 0.2) is 0 Å². The minimum absolute atomic E-state index is 0.269. The zero-order valence-corrected chi connectivity index (χ0v) is 13.2. The van der Waals surface area contributed by atoms with Gasteiger partial charge in [0.05, 0.1) is 0 Å². The van der Waals surface area contributed by atoms with Crippen LogP contribution in [0.3, 0.4) is 0 Å². The SMILES string of the molecule is CCCN1C(=O)N/C(=C/c2cccn2-c2ccccc2C)C1=O. The highest BCUT2D eigenvalue weighted by Crippen LogP contribution is 2.20. The second kappa shape index (κ2) is 6.12. The molecule has 1 fully saturated rings. The van der Waals surface area contributed by atoms with Gasteiger partial charge >= 0.3 is 6.03 Å². The van der Waals surface area contributed by atoms with Crippen molar-refractivity contribution in [3.05, 3.63) is 59.5 Å². The van der Waals surface area contributed by atoms with E-state index < -0.39 is 0 Å². The number of para-hydroxylation sites is 1. The van der Waals surface area contributed by atoms with Gasteiger partial charge in [0.25, 0.3) is 5.91 Å². The Morgan fingerprint density at radius 2 is 1.91 bits per heavy atom. The molecule has 1 aromatic heterocycles. The van der Waals surface area contributed by atoms with E-state index in [0.29, 0.717) is 12.2 Å². The predicted molar refractivity (Wildman–Crippen MR) is 89.0 cm³/mol. The van der Waals surface area contributed by atoms with E-state index in [4.69, 9.17) is 0 Å². The van der Waals surface area contributed by atoms with Crippen LogP contribution >= 0.6 is 0 Å². The maximum absolute atomic E-state index is 12.3. The average molecular weight is 309 g/mol. The number of rotatable bonds is 4. The van der Waals surface area contributed by atoms with Gasteiger partial charge in [-0.15, -0.1) is 0 Å². The molecule has 0 unspecified atom stereocenters. The number of hydrogen-bond acceptors (Lipinski definition) is 2. The minimum atomic E-state index is -0.350. The quantitative estimate of drug-likeness (QED) is 0.697. The molecule has 2 aromatic rings.